The monoisotopic (exact) mass is 248 g/mol. The molecule has 17 heavy (non-hydrogen) atoms. The Balaban J connectivity index is 2.71. The van der Waals surface area contributed by atoms with Crippen LogP contribution in [0.15, 0.2) is 22.0 Å². The van der Waals surface area contributed by atoms with Gasteiger partial charge in [-0.25, -0.2) is 14.8 Å². The van der Waals surface area contributed by atoms with Gasteiger partial charge in [0.05, 0.1) is 5.52 Å². The number of fused-ring (bicyclic) bond motifs is 3. The lowest BCUT2D eigenvalue weighted by molar-refractivity contribution is 0.729. The van der Waals surface area contributed by atoms with Crippen LogP contribution in [0.5, 0.6) is 0 Å². The van der Waals surface area contributed by atoms with E-state index in [1.165, 1.54) is 15.9 Å². The van der Waals surface area contributed by atoms with Gasteiger partial charge in [-0.2, -0.15) is 0 Å². The third kappa shape index (κ3) is 1.32. The summed E-state index contributed by atoms with van der Waals surface area (Å²) >= 11 is 1.25. The molecule has 0 saturated heterocycles. The number of H-pyrrole nitrogens is 1. The molecular weight excluding hydrogens is 240 g/mol. The zero-order valence-corrected chi connectivity index (χ0v) is 9.74. The van der Waals surface area contributed by atoms with Crippen molar-refractivity contribution < 1.29 is 0 Å². The topological polar surface area (TPSA) is 80.6 Å². The first-order chi connectivity index (χ1) is 8.22. The Hall–Kier alpha value is -2.02. The van der Waals surface area contributed by atoms with E-state index in [1.807, 2.05) is 6.92 Å². The summed E-state index contributed by atoms with van der Waals surface area (Å²) in [7, 11) is 0. The van der Waals surface area contributed by atoms with E-state index in [1.54, 1.807) is 12.4 Å². The molecule has 86 valence electrons. The van der Waals surface area contributed by atoms with Crippen molar-refractivity contribution in [3.8, 4) is 0 Å². The Morgan fingerprint density at radius 1 is 1.35 bits per heavy atom. The molecule has 0 fully saturated rings. The predicted octanol–water partition coefficient (Wildman–Crippen LogP) is 0.714. The Morgan fingerprint density at radius 2 is 2.12 bits per heavy atom. The molecule has 0 radical (unpaired) electrons. The van der Waals surface area contributed by atoms with Crippen LogP contribution in [0.1, 0.15) is 6.92 Å². The molecule has 0 unspecified atom stereocenters. The quantitative estimate of drug-likeness (QED) is 0.688. The highest BCUT2D eigenvalue weighted by atomic mass is 32.1. The largest absolute Gasteiger partial charge is 0.328 e. The second kappa shape index (κ2) is 3.49. The summed E-state index contributed by atoms with van der Waals surface area (Å²) in [5.41, 5.74) is 0.404. The van der Waals surface area contributed by atoms with E-state index in [2.05, 4.69) is 15.0 Å². The van der Waals surface area contributed by atoms with Crippen molar-refractivity contribution in [1.82, 2.24) is 19.5 Å². The minimum Gasteiger partial charge on any atom is -0.291 e. The van der Waals surface area contributed by atoms with Crippen molar-refractivity contribution in [3.05, 3.63) is 33.2 Å². The van der Waals surface area contributed by atoms with Gasteiger partial charge in [0, 0.05) is 18.9 Å². The van der Waals surface area contributed by atoms with Gasteiger partial charge in [0.15, 0.2) is 0 Å². The third-order valence-electron chi connectivity index (χ3n) is 2.56. The lowest BCUT2D eigenvalue weighted by Crippen LogP contribution is -2.29. The summed E-state index contributed by atoms with van der Waals surface area (Å²) in [6.45, 7) is 2.33. The zero-order chi connectivity index (χ0) is 12.0. The van der Waals surface area contributed by atoms with Crippen molar-refractivity contribution in [3.63, 3.8) is 0 Å². The average molecular weight is 248 g/mol. The van der Waals surface area contributed by atoms with Crippen molar-refractivity contribution in [1.29, 1.82) is 0 Å². The molecule has 0 aromatic carbocycles. The number of aromatic nitrogens is 4. The van der Waals surface area contributed by atoms with Gasteiger partial charge in [-0.1, -0.05) is 0 Å². The van der Waals surface area contributed by atoms with Crippen LogP contribution in [-0.4, -0.2) is 19.5 Å². The van der Waals surface area contributed by atoms with E-state index in [9.17, 15) is 9.59 Å². The van der Waals surface area contributed by atoms with Gasteiger partial charge in [-0.3, -0.25) is 14.3 Å². The molecule has 3 aromatic rings. The molecular formula is C10H8N4O2S. The van der Waals surface area contributed by atoms with Crippen LogP contribution in [0.25, 0.3) is 20.6 Å². The molecule has 0 amide bonds. The Bertz CT molecular complexity index is 830. The third-order valence-corrected chi connectivity index (χ3v) is 3.64. The standard InChI is InChI=1S/C10H8N4O2S/c1-2-14-6-5-9(12-4-3-11-5)17-7(6)8(15)13-10(14)16/h3-4H,2H2,1H3,(H,13,15,16). The van der Waals surface area contributed by atoms with Gasteiger partial charge >= 0.3 is 5.69 Å². The smallest absolute Gasteiger partial charge is 0.291 e. The number of hydrogen-bond donors (Lipinski definition) is 1. The summed E-state index contributed by atoms with van der Waals surface area (Å²) in [6.07, 6.45) is 3.13. The maximum atomic E-state index is 11.7. The van der Waals surface area contributed by atoms with Crippen LogP contribution in [0.4, 0.5) is 0 Å². The molecule has 0 atom stereocenters. The number of rotatable bonds is 1. The molecule has 3 rings (SSSR count). The average Bonchev–Trinajstić information content (AvgIpc) is 2.70. The minimum absolute atomic E-state index is 0.375. The highest BCUT2D eigenvalue weighted by Crippen LogP contribution is 2.26. The number of aryl methyl sites for hydroxylation is 1. The Morgan fingerprint density at radius 3 is 2.88 bits per heavy atom. The zero-order valence-electron chi connectivity index (χ0n) is 8.93. The first-order valence-electron chi connectivity index (χ1n) is 5.08. The van der Waals surface area contributed by atoms with E-state index >= 15 is 0 Å². The fourth-order valence-corrected chi connectivity index (χ4v) is 2.84. The number of hydrogen-bond acceptors (Lipinski definition) is 5. The first-order valence-corrected chi connectivity index (χ1v) is 5.90. The van der Waals surface area contributed by atoms with Gasteiger partial charge < -0.3 is 0 Å². The molecule has 0 aliphatic rings. The number of nitrogens with zero attached hydrogens (tertiary/aromatic N) is 3. The molecule has 0 aliphatic carbocycles. The van der Waals surface area contributed by atoms with Crippen molar-refractivity contribution in [2.45, 2.75) is 13.5 Å². The highest BCUT2D eigenvalue weighted by Gasteiger charge is 2.14. The van der Waals surface area contributed by atoms with Crippen LogP contribution in [0, 0.1) is 0 Å². The van der Waals surface area contributed by atoms with Gasteiger partial charge in [-0.15, -0.1) is 11.3 Å². The van der Waals surface area contributed by atoms with Crippen LogP contribution in [0.2, 0.25) is 0 Å². The molecule has 0 spiro atoms. The molecule has 3 heterocycles. The van der Waals surface area contributed by atoms with Crippen molar-refractivity contribution in [2.24, 2.45) is 0 Å². The SMILES string of the molecule is CCn1c(=O)[nH]c(=O)c2sc3nccnc3c21. The van der Waals surface area contributed by atoms with Crippen LogP contribution >= 0.6 is 11.3 Å². The summed E-state index contributed by atoms with van der Waals surface area (Å²) in [5, 5.41) is 0. The highest BCUT2D eigenvalue weighted by molar-refractivity contribution is 7.25. The summed E-state index contributed by atoms with van der Waals surface area (Å²) in [6, 6.07) is 0. The van der Waals surface area contributed by atoms with Crippen molar-refractivity contribution >= 4 is 31.9 Å². The summed E-state index contributed by atoms with van der Waals surface area (Å²) < 4.78 is 2.00. The maximum Gasteiger partial charge on any atom is 0.328 e. The van der Waals surface area contributed by atoms with Crippen LogP contribution in [0.3, 0.4) is 0 Å². The summed E-state index contributed by atoms with van der Waals surface area (Å²) in [5.74, 6) is 0. The van der Waals surface area contributed by atoms with E-state index in [-0.39, 0.29) is 5.56 Å². The Kier molecular flexibility index (Phi) is 2.08. The second-order valence-corrected chi connectivity index (χ2v) is 4.49. The van der Waals surface area contributed by atoms with Crippen molar-refractivity contribution in [2.75, 3.05) is 0 Å². The van der Waals surface area contributed by atoms with Gasteiger partial charge in [0.1, 0.15) is 15.0 Å². The molecule has 7 heteroatoms. The number of nitrogens with one attached hydrogen (secondary N) is 1. The first kappa shape index (κ1) is 10.2. The van der Waals surface area contributed by atoms with E-state index in [4.69, 9.17) is 0 Å². The van der Waals surface area contributed by atoms with E-state index in [0.29, 0.717) is 27.1 Å². The maximum absolute atomic E-state index is 11.7. The molecule has 3 aromatic heterocycles. The van der Waals surface area contributed by atoms with Crippen LogP contribution < -0.4 is 11.2 Å². The van der Waals surface area contributed by atoms with E-state index in [0.717, 1.165) is 0 Å². The lowest BCUT2D eigenvalue weighted by Gasteiger charge is -2.02. The molecule has 0 saturated carbocycles. The van der Waals surface area contributed by atoms with E-state index < -0.39 is 5.69 Å². The van der Waals surface area contributed by atoms with Gasteiger partial charge in [-0.05, 0) is 6.92 Å². The molecule has 1 N–H and O–H groups in total. The number of thiophene rings is 1. The Labute approximate surface area is 98.6 Å². The van der Waals surface area contributed by atoms with Crippen LogP contribution in [-0.2, 0) is 6.54 Å². The molecule has 6 nitrogen and oxygen atoms in total. The van der Waals surface area contributed by atoms with Gasteiger partial charge in [0.2, 0.25) is 0 Å². The minimum atomic E-state index is -0.407. The fraction of sp³-hybridized carbons (Fsp3) is 0.200. The normalized spacial score (nSPS) is 11.4. The lowest BCUT2D eigenvalue weighted by atomic mass is 10.4. The predicted molar refractivity (Wildman–Crippen MR) is 65.5 cm³/mol. The summed E-state index contributed by atoms with van der Waals surface area (Å²) in [4.78, 5) is 34.7. The molecule has 0 aliphatic heterocycles. The fourth-order valence-electron chi connectivity index (χ4n) is 1.84. The number of aromatic amines is 1. The van der Waals surface area contributed by atoms with Gasteiger partial charge in [0.25, 0.3) is 5.56 Å². The molecule has 0 bridgehead atoms. The second-order valence-electron chi connectivity index (χ2n) is 3.49.